The number of benzene rings is 1. The Morgan fingerprint density at radius 3 is 2.85 bits per heavy atom. The summed E-state index contributed by atoms with van der Waals surface area (Å²) in [6.07, 6.45) is 3.33. The Labute approximate surface area is 159 Å². The maximum Gasteiger partial charge on any atom is 0.311 e. The van der Waals surface area contributed by atoms with Crippen molar-refractivity contribution in [3.8, 4) is 0 Å². The van der Waals surface area contributed by atoms with Gasteiger partial charge in [-0.2, -0.15) is 0 Å². The Morgan fingerprint density at radius 1 is 1.27 bits per heavy atom. The molecule has 4 rings (SSSR count). The van der Waals surface area contributed by atoms with E-state index in [4.69, 9.17) is 16.0 Å². The maximum absolute atomic E-state index is 12.4. The molecule has 134 valence electrons. The van der Waals surface area contributed by atoms with Crippen LogP contribution in [0.3, 0.4) is 0 Å². The topological polar surface area (TPSA) is 71.3 Å². The predicted octanol–water partition coefficient (Wildman–Crippen LogP) is 3.64. The molecular weight excluding hydrogens is 372 g/mol. The van der Waals surface area contributed by atoms with Gasteiger partial charge in [-0.1, -0.05) is 11.6 Å². The number of nitrogens with one attached hydrogen (secondary N) is 1. The monoisotopic (exact) mass is 388 g/mol. The standard InChI is InChI=1S/C18H17ClN4O2S/c19-12-1-3-13(4-2-12)21-17(24)18-22-14-5-8-23(9-6-15(14)25-18)11-16-20-7-10-26-16/h1-4,7,10H,5-6,8-9,11H2,(H,21,24). The number of oxazole rings is 1. The van der Waals surface area contributed by atoms with Gasteiger partial charge in [0.05, 0.1) is 12.2 Å². The lowest BCUT2D eigenvalue weighted by Gasteiger charge is -2.17. The van der Waals surface area contributed by atoms with Crippen LogP contribution in [-0.2, 0) is 19.4 Å². The number of halogens is 1. The molecule has 3 aromatic rings. The van der Waals surface area contributed by atoms with Crippen LogP contribution in [0.2, 0.25) is 5.02 Å². The van der Waals surface area contributed by atoms with Crippen LogP contribution in [0.5, 0.6) is 0 Å². The molecule has 1 aliphatic heterocycles. The maximum atomic E-state index is 12.4. The van der Waals surface area contributed by atoms with Crippen molar-refractivity contribution < 1.29 is 9.21 Å². The van der Waals surface area contributed by atoms with E-state index in [0.29, 0.717) is 10.7 Å². The minimum Gasteiger partial charge on any atom is -0.437 e. The Balaban J connectivity index is 1.40. The number of amides is 1. The number of thiazole rings is 1. The van der Waals surface area contributed by atoms with Gasteiger partial charge in [0, 0.05) is 48.2 Å². The van der Waals surface area contributed by atoms with Gasteiger partial charge in [-0.3, -0.25) is 9.69 Å². The third-order valence-electron chi connectivity index (χ3n) is 4.24. The van der Waals surface area contributed by atoms with Crippen LogP contribution < -0.4 is 5.32 Å². The fourth-order valence-corrected chi connectivity index (χ4v) is 3.69. The molecule has 0 fully saturated rings. The summed E-state index contributed by atoms with van der Waals surface area (Å²) in [5, 5.41) is 6.50. The molecule has 1 aliphatic rings. The number of carbonyl (C=O) groups is 1. The van der Waals surface area contributed by atoms with Crippen molar-refractivity contribution in [1.82, 2.24) is 14.9 Å². The van der Waals surface area contributed by atoms with Crippen LogP contribution in [-0.4, -0.2) is 33.9 Å². The summed E-state index contributed by atoms with van der Waals surface area (Å²) in [4.78, 5) is 23.4. The van der Waals surface area contributed by atoms with Crippen molar-refractivity contribution in [2.24, 2.45) is 0 Å². The zero-order valence-electron chi connectivity index (χ0n) is 13.9. The molecular formula is C18H17ClN4O2S. The van der Waals surface area contributed by atoms with Gasteiger partial charge >= 0.3 is 5.91 Å². The van der Waals surface area contributed by atoms with E-state index >= 15 is 0 Å². The third kappa shape index (κ3) is 3.95. The molecule has 0 bridgehead atoms. The normalized spacial score (nSPS) is 14.7. The lowest BCUT2D eigenvalue weighted by molar-refractivity contribution is 0.0988. The molecule has 6 nitrogen and oxygen atoms in total. The van der Waals surface area contributed by atoms with Crippen molar-refractivity contribution in [2.45, 2.75) is 19.4 Å². The van der Waals surface area contributed by atoms with Crippen LogP contribution in [0.4, 0.5) is 5.69 Å². The summed E-state index contributed by atoms with van der Waals surface area (Å²) in [6, 6.07) is 6.92. The zero-order valence-corrected chi connectivity index (χ0v) is 15.5. The van der Waals surface area contributed by atoms with Gasteiger partial charge in [-0.05, 0) is 24.3 Å². The van der Waals surface area contributed by atoms with Crippen molar-refractivity contribution in [2.75, 3.05) is 18.4 Å². The lowest BCUT2D eigenvalue weighted by Crippen LogP contribution is -2.26. The molecule has 0 spiro atoms. The molecule has 26 heavy (non-hydrogen) atoms. The molecule has 1 N–H and O–H groups in total. The number of hydrogen-bond donors (Lipinski definition) is 1. The van der Waals surface area contributed by atoms with Crippen molar-refractivity contribution in [3.05, 3.63) is 63.2 Å². The van der Waals surface area contributed by atoms with Gasteiger partial charge in [0.2, 0.25) is 0 Å². The van der Waals surface area contributed by atoms with E-state index in [-0.39, 0.29) is 11.8 Å². The first-order chi connectivity index (χ1) is 12.7. The fraction of sp³-hybridized carbons (Fsp3) is 0.278. The molecule has 0 saturated heterocycles. The summed E-state index contributed by atoms with van der Waals surface area (Å²) in [7, 11) is 0. The first-order valence-corrected chi connectivity index (χ1v) is 9.59. The van der Waals surface area contributed by atoms with Gasteiger partial charge in [-0.15, -0.1) is 11.3 Å². The van der Waals surface area contributed by atoms with E-state index in [0.717, 1.165) is 48.9 Å². The summed E-state index contributed by atoms with van der Waals surface area (Å²) in [5.74, 6) is 0.561. The number of fused-ring (bicyclic) bond motifs is 1. The van der Waals surface area contributed by atoms with E-state index in [9.17, 15) is 4.79 Å². The average Bonchev–Trinajstić information content (AvgIpc) is 3.25. The Kier molecular flexibility index (Phi) is 5.01. The Hall–Kier alpha value is -2.22. The molecule has 0 aliphatic carbocycles. The van der Waals surface area contributed by atoms with Crippen LogP contribution in [0.1, 0.15) is 27.1 Å². The number of aromatic nitrogens is 2. The second-order valence-electron chi connectivity index (χ2n) is 6.05. The van der Waals surface area contributed by atoms with Gasteiger partial charge in [0.1, 0.15) is 10.8 Å². The first-order valence-electron chi connectivity index (χ1n) is 8.33. The molecule has 3 heterocycles. The molecule has 8 heteroatoms. The van der Waals surface area contributed by atoms with E-state index in [2.05, 4.69) is 20.2 Å². The number of nitrogens with zero attached hydrogens (tertiary/aromatic N) is 3. The van der Waals surface area contributed by atoms with Gasteiger partial charge in [0.25, 0.3) is 5.89 Å². The predicted molar refractivity (Wildman–Crippen MR) is 101 cm³/mol. The van der Waals surface area contributed by atoms with E-state index < -0.39 is 0 Å². The highest BCUT2D eigenvalue weighted by molar-refractivity contribution is 7.09. The molecule has 1 amide bonds. The summed E-state index contributed by atoms with van der Waals surface area (Å²) >= 11 is 7.52. The third-order valence-corrected chi connectivity index (χ3v) is 5.25. The number of anilines is 1. The summed E-state index contributed by atoms with van der Waals surface area (Å²) in [5.41, 5.74) is 1.52. The average molecular weight is 389 g/mol. The van der Waals surface area contributed by atoms with Crippen LogP contribution in [0, 0.1) is 0 Å². The smallest absolute Gasteiger partial charge is 0.311 e. The highest BCUT2D eigenvalue weighted by Gasteiger charge is 2.23. The number of carbonyl (C=O) groups excluding carboxylic acids is 1. The van der Waals surface area contributed by atoms with Gasteiger partial charge < -0.3 is 9.73 Å². The lowest BCUT2D eigenvalue weighted by atomic mass is 10.2. The second-order valence-corrected chi connectivity index (χ2v) is 7.47. The van der Waals surface area contributed by atoms with E-state index in [1.54, 1.807) is 35.6 Å². The number of hydrogen-bond acceptors (Lipinski definition) is 6. The molecule has 0 atom stereocenters. The molecule has 0 unspecified atom stereocenters. The van der Waals surface area contributed by atoms with Crippen LogP contribution in [0.15, 0.2) is 40.3 Å². The minimum absolute atomic E-state index is 0.110. The van der Waals surface area contributed by atoms with Crippen molar-refractivity contribution >= 4 is 34.5 Å². The highest BCUT2D eigenvalue weighted by atomic mass is 35.5. The summed E-state index contributed by atoms with van der Waals surface area (Å²) < 4.78 is 5.74. The van der Waals surface area contributed by atoms with Crippen LogP contribution in [0.25, 0.3) is 0 Å². The van der Waals surface area contributed by atoms with Crippen molar-refractivity contribution in [3.63, 3.8) is 0 Å². The highest BCUT2D eigenvalue weighted by Crippen LogP contribution is 2.20. The molecule has 0 saturated carbocycles. The fourth-order valence-electron chi connectivity index (χ4n) is 2.90. The molecule has 0 radical (unpaired) electrons. The van der Waals surface area contributed by atoms with E-state index in [1.807, 2.05) is 11.6 Å². The zero-order chi connectivity index (χ0) is 17.9. The van der Waals surface area contributed by atoms with Gasteiger partial charge in [0.15, 0.2) is 0 Å². The minimum atomic E-state index is -0.347. The first kappa shape index (κ1) is 17.2. The Morgan fingerprint density at radius 2 is 2.08 bits per heavy atom. The van der Waals surface area contributed by atoms with Crippen molar-refractivity contribution in [1.29, 1.82) is 0 Å². The Bertz CT molecular complexity index is 867. The SMILES string of the molecule is O=C(Nc1ccc(Cl)cc1)c1nc2c(o1)CCN(Cc1nccs1)CC2. The largest absolute Gasteiger partial charge is 0.437 e. The number of rotatable bonds is 4. The second kappa shape index (κ2) is 7.57. The molecule has 2 aromatic heterocycles. The quantitative estimate of drug-likeness (QED) is 0.738. The van der Waals surface area contributed by atoms with Crippen LogP contribution >= 0.6 is 22.9 Å². The van der Waals surface area contributed by atoms with Gasteiger partial charge in [-0.25, -0.2) is 9.97 Å². The molecule has 1 aromatic carbocycles. The van der Waals surface area contributed by atoms with E-state index in [1.165, 1.54) is 0 Å². The summed E-state index contributed by atoms with van der Waals surface area (Å²) in [6.45, 7) is 2.57.